The van der Waals surface area contributed by atoms with Crippen LogP contribution in [0.1, 0.15) is 47.9 Å². The Morgan fingerprint density at radius 2 is 1.70 bits per heavy atom. The second kappa shape index (κ2) is 13.5. The highest BCUT2D eigenvalue weighted by atomic mass is 32.2. The van der Waals surface area contributed by atoms with Gasteiger partial charge in [-0.25, -0.2) is 4.57 Å². The van der Waals surface area contributed by atoms with E-state index in [1.54, 1.807) is 6.07 Å². The Bertz CT molecular complexity index is 904. The fraction of sp³-hybridized carbons (Fsp3) is 0.478. The zero-order chi connectivity index (χ0) is 24.3. The minimum atomic E-state index is -4.49. The molecular formula is C23H31F3NO4PS. The average molecular weight is 506 g/mol. The Balaban J connectivity index is 1.76. The van der Waals surface area contributed by atoms with Gasteiger partial charge in [0, 0.05) is 11.4 Å². The summed E-state index contributed by atoms with van der Waals surface area (Å²) >= 11 is 1.24. The third kappa shape index (κ3) is 11.6. The van der Waals surface area contributed by atoms with Crippen LogP contribution in [0.4, 0.5) is 13.2 Å². The van der Waals surface area contributed by atoms with Gasteiger partial charge in [-0.2, -0.15) is 13.2 Å². The summed E-state index contributed by atoms with van der Waals surface area (Å²) in [7, 11) is -4.49. The Morgan fingerprint density at radius 3 is 2.36 bits per heavy atom. The molecule has 2 aromatic rings. The van der Waals surface area contributed by atoms with Crippen molar-refractivity contribution in [2.24, 2.45) is 0 Å². The Labute approximate surface area is 197 Å². The van der Waals surface area contributed by atoms with Crippen molar-refractivity contribution < 1.29 is 32.0 Å². The number of phosphoric ester groups is 1. The molecule has 0 radical (unpaired) electrons. The minimum Gasteiger partial charge on any atom is -0.313 e. The normalized spacial score (nSPS) is 12.3. The van der Waals surface area contributed by atoms with Crippen LogP contribution in [0.25, 0.3) is 0 Å². The maximum absolute atomic E-state index is 13.6. The standard InChI is InChI=1S/C23H31F3NO4PS/c1-18-7-9-19(10-8-18)6-3-2-4-15-33-22-12-11-20(16-21(22)23(24,25)26)17-27-13-5-14-31-32(28,29)30/h7-12,16,27H,2-6,13-15,17H2,1H3,(H2,28,29,30). The molecule has 0 amide bonds. The molecule has 0 atom stereocenters. The van der Waals surface area contributed by atoms with E-state index in [-0.39, 0.29) is 18.0 Å². The zero-order valence-electron chi connectivity index (χ0n) is 18.6. The molecule has 3 N–H and O–H groups in total. The van der Waals surface area contributed by atoms with Gasteiger partial charge in [-0.1, -0.05) is 42.3 Å². The van der Waals surface area contributed by atoms with Crippen molar-refractivity contribution in [1.82, 2.24) is 5.32 Å². The number of alkyl halides is 3. The van der Waals surface area contributed by atoms with Crippen LogP contribution in [0.3, 0.4) is 0 Å². The molecule has 0 aliphatic carbocycles. The molecule has 5 nitrogen and oxygen atoms in total. The fourth-order valence-electron chi connectivity index (χ4n) is 3.19. The molecule has 0 heterocycles. The highest BCUT2D eigenvalue weighted by molar-refractivity contribution is 7.99. The Hall–Kier alpha value is -1.35. The third-order valence-electron chi connectivity index (χ3n) is 4.92. The van der Waals surface area contributed by atoms with Gasteiger partial charge in [-0.3, -0.25) is 4.52 Å². The Kier molecular flexibility index (Phi) is 11.4. The summed E-state index contributed by atoms with van der Waals surface area (Å²) in [4.78, 5) is 17.4. The summed E-state index contributed by atoms with van der Waals surface area (Å²) in [6.45, 7) is 2.50. The molecule has 0 fully saturated rings. The first-order chi connectivity index (χ1) is 15.5. The summed E-state index contributed by atoms with van der Waals surface area (Å²) in [5, 5.41) is 2.96. The third-order valence-corrected chi connectivity index (χ3v) is 6.60. The van der Waals surface area contributed by atoms with Crippen LogP contribution in [0.15, 0.2) is 47.4 Å². The van der Waals surface area contributed by atoms with Crippen LogP contribution >= 0.6 is 19.6 Å². The van der Waals surface area contributed by atoms with E-state index >= 15 is 0 Å². The minimum absolute atomic E-state index is 0.133. The number of rotatable bonds is 14. The lowest BCUT2D eigenvalue weighted by Crippen LogP contribution is -2.17. The summed E-state index contributed by atoms with van der Waals surface area (Å²) < 4.78 is 55.6. The molecule has 0 aliphatic rings. The average Bonchev–Trinajstić information content (AvgIpc) is 2.73. The van der Waals surface area contributed by atoms with Crippen molar-refractivity contribution in [3.8, 4) is 0 Å². The molecule has 33 heavy (non-hydrogen) atoms. The molecule has 184 valence electrons. The molecule has 10 heteroatoms. The van der Waals surface area contributed by atoms with Gasteiger partial charge in [0.1, 0.15) is 0 Å². The van der Waals surface area contributed by atoms with Crippen molar-refractivity contribution in [2.45, 2.75) is 56.6 Å². The lowest BCUT2D eigenvalue weighted by atomic mass is 10.1. The SMILES string of the molecule is Cc1ccc(CCCCCSc2ccc(CNCCCOP(=O)(O)O)cc2C(F)(F)F)cc1. The van der Waals surface area contributed by atoms with E-state index in [0.29, 0.717) is 24.3 Å². The van der Waals surface area contributed by atoms with Crippen molar-refractivity contribution in [3.05, 3.63) is 64.7 Å². The second-order valence-electron chi connectivity index (χ2n) is 7.83. The van der Waals surface area contributed by atoms with Crippen LogP contribution in [0.5, 0.6) is 0 Å². The lowest BCUT2D eigenvalue weighted by molar-refractivity contribution is -0.139. The molecule has 2 aromatic carbocycles. The van der Waals surface area contributed by atoms with Crippen molar-refractivity contribution in [3.63, 3.8) is 0 Å². The van der Waals surface area contributed by atoms with E-state index < -0.39 is 19.6 Å². The van der Waals surface area contributed by atoms with Crippen molar-refractivity contribution in [2.75, 3.05) is 18.9 Å². The number of thioether (sulfide) groups is 1. The number of phosphoric acid groups is 1. The zero-order valence-corrected chi connectivity index (χ0v) is 20.3. The maximum Gasteiger partial charge on any atom is 0.469 e. The first kappa shape index (κ1) is 27.9. The predicted octanol–water partition coefficient (Wildman–Crippen LogP) is 6.11. The van der Waals surface area contributed by atoms with Crippen molar-refractivity contribution >= 4 is 19.6 Å². The molecule has 0 saturated carbocycles. The molecule has 0 aromatic heterocycles. The van der Waals surface area contributed by atoms with E-state index in [0.717, 1.165) is 25.7 Å². The first-order valence-corrected chi connectivity index (χ1v) is 13.4. The topological polar surface area (TPSA) is 78.8 Å². The lowest BCUT2D eigenvalue weighted by Gasteiger charge is -2.15. The summed E-state index contributed by atoms with van der Waals surface area (Å²) in [6, 6.07) is 12.8. The second-order valence-corrected chi connectivity index (χ2v) is 10.2. The van der Waals surface area contributed by atoms with E-state index in [1.807, 2.05) is 6.92 Å². The van der Waals surface area contributed by atoms with E-state index in [1.165, 1.54) is 35.0 Å². The number of nitrogens with one attached hydrogen (secondary N) is 1. The van der Waals surface area contributed by atoms with Gasteiger partial charge in [0.2, 0.25) is 0 Å². The van der Waals surface area contributed by atoms with Gasteiger partial charge in [0.15, 0.2) is 0 Å². The summed E-state index contributed by atoms with van der Waals surface area (Å²) in [5.74, 6) is 0.633. The smallest absolute Gasteiger partial charge is 0.313 e. The molecule has 0 unspecified atom stereocenters. The van der Waals surface area contributed by atoms with Crippen molar-refractivity contribution in [1.29, 1.82) is 0 Å². The maximum atomic E-state index is 13.6. The number of benzene rings is 2. The van der Waals surface area contributed by atoms with Gasteiger partial charge < -0.3 is 15.1 Å². The highest BCUT2D eigenvalue weighted by Gasteiger charge is 2.33. The van der Waals surface area contributed by atoms with Crippen LogP contribution in [0, 0.1) is 6.92 Å². The van der Waals surface area contributed by atoms with Crippen LogP contribution < -0.4 is 5.32 Å². The van der Waals surface area contributed by atoms with E-state index in [4.69, 9.17) is 9.79 Å². The monoisotopic (exact) mass is 505 g/mol. The largest absolute Gasteiger partial charge is 0.469 e. The summed E-state index contributed by atoms with van der Waals surface area (Å²) in [5.41, 5.74) is 2.38. The molecule has 2 rings (SSSR count). The van der Waals surface area contributed by atoms with E-state index in [2.05, 4.69) is 34.1 Å². The number of hydrogen-bond acceptors (Lipinski definition) is 4. The molecular weight excluding hydrogens is 474 g/mol. The fourth-order valence-corrected chi connectivity index (χ4v) is 4.62. The number of halogens is 3. The number of aryl methyl sites for hydroxylation is 2. The first-order valence-electron chi connectivity index (χ1n) is 10.8. The van der Waals surface area contributed by atoms with Crippen LogP contribution in [-0.4, -0.2) is 28.7 Å². The van der Waals surface area contributed by atoms with Gasteiger partial charge in [-0.15, -0.1) is 11.8 Å². The predicted molar refractivity (Wildman–Crippen MR) is 125 cm³/mol. The van der Waals surface area contributed by atoms with Gasteiger partial charge in [-0.05, 0) is 68.2 Å². The molecule has 0 aliphatic heterocycles. The Morgan fingerprint density at radius 1 is 1.00 bits per heavy atom. The van der Waals surface area contributed by atoms with Gasteiger partial charge in [0.05, 0.1) is 12.2 Å². The molecule has 0 spiro atoms. The highest BCUT2D eigenvalue weighted by Crippen LogP contribution is 2.38. The molecule has 0 saturated heterocycles. The molecule has 0 bridgehead atoms. The van der Waals surface area contributed by atoms with Gasteiger partial charge in [0.25, 0.3) is 0 Å². The summed E-state index contributed by atoms with van der Waals surface area (Å²) in [6.07, 6.45) is -0.286. The van der Waals surface area contributed by atoms with Gasteiger partial charge >= 0.3 is 14.0 Å². The number of hydrogen-bond donors (Lipinski definition) is 3. The quantitative estimate of drug-likeness (QED) is 0.163. The number of unbranched alkanes of at least 4 members (excludes halogenated alkanes) is 2. The van der Waals surface area contributed by atoms with E-state index in [9.17, 15) is 17.7 Å². The van der Waals surface area contributed by atoms with Crippen LogP contribution in [-0.2, 0) is 28.2 Å². The van der Waals surface area contributed by atoms with Crippen LogP contribution in [0.2, 0.25) is 0 Å².